The maximum absolute atomic E-state index is 11.8. The van der Waals surface area contributed by atoms with Crippen LogP contribution in [0.1, 0.15) is 17.3 Å². The van der Waals surface area contributed by atoms with Gasteiger partial charge in [0, 0.05) is 18.6 Å². The van der Waals surface area contributed by atoms with Gasteiger partial charge in [0.05, 0.1) is 12.2 Å². The Morgan fingerprint density at radius 1 is 1.47 bits per heavy atom. The molecule has 0 spiro atoms. The molecule has 0 aliphatic carbocycles. The molecule has 0 saturated heterocycles. The number of ether oxygens (including phenoxy) is 1. The Morgan fingerprint density at radius 3 is 2.67 bits per heavy atom. The maximum atomic E-state index is 11.8. The van der Waals surface area contributed by atoms with E-state index in [4.69, 9.17) is 4.74 Å². The SMILES string of the molecule is CCOc1cc(Br)ccc1C(=O)N(C)C. The first kappa shape index (κ1) is 12.0. The van der Waals surface area contributed by atoms with E-state index in [1.54, 1.807) is 26.2 Å². The quantitative estimate of drug-likeness (QED) is 0.846. The van der Waals surface area contributed by atoms with E-state index in [0.29, 0.717) is 17.9 Å². The molecule has 0 atom stereocenters. The van der Waals surface area contributed by atoms with Crippen LogP contribution in [0.5, 0.6) is 5.75 Å². The van der Waals surface area contributed by atoms with Crippen molar-refractivity contribution in [2.75, 3.05) is 20.7 Å². The predicted octanol–water partition coefficient (Wildman–Crippen LogP) is 2.55. The second-order valence-electron chi connectivity index (χ2n) is 3.27. The van der Waals surface area contributed by atoms with Crippen LogP contribution in [0.2, 0.25) is 0 Å². The highest BCUT2D eigenvalue weighted by Crippen LogP contribution is 2.24. The van der Waals surface area contributed by atoms with Crippen LogP contribution in [0.3, 0.4) is 0 Å². The molecule has 0 heterocycles. The number of amides is 1. The molecule has 0 aliphatic rings. The van der Waals surface area contributed by atoms with Gasteiger partial charge in [0.2, 0.25) is 0 Å². The Morgan fingerprint density at radius 2 is 2.13 bits per heavy atom. The summed E-state index contributed by atoms with van der Waals surface area (Å²) in [6, 6.07) is 5.40. The first-order valence-corrected chi connectivity index (χ1v) is 5.49. The van der Waals surface area contributed by atoms with Crippen LogP contribution < -0.4 is 4.74 Å². The smallest absolute Gasteiger partial charge is 0.257 e. The summed E-state index contributed by atoms with van der Waals surface area (Å²) in [5.74, 6) is 0.566. The van der Waals surface area contributed by atoms with Crippen molar-refractivity contribution in [1.82, 2.24) is 4.90 Å². The molecule has 3 nitrogen and oxygen atoms in total. The van der Waals surface area contributed by atoms with Gasteiger partial charge in [-0.1, -0.05) is 15.9 Å². The van der Waals surface area contributed by atoms with Crippen molar-refractivity contribution in [2.24, 2.45) is 0 Å². The third-order valence-corrected chi connectivity index (χ3v) is 2.37. The molecule has 82 valence electrons. The van der Waals surface area contributed by atoms with Crippen molar-refractivity contribution in [2.45, 2.75) is 6.92 Å². The molecule has 0 aliphatic heterocycles. The van der Waals surface area contributed by atoms with Gasteiger partial charge in [-0.15, -0.1) is 0 Å². The number of carbonyl (C=O) groups excluding carboxylic acids is 1. The van der Waals surface area contributed by atoms with Gasteiger partial charge < -0.3 is 9.64 Å². The molecule has 1 aromatic carbocycles. The minimum atomic E-state index is -0.0500. The summed E-state index contributed by atoms with van der Waals surface area (Å²) >= 11 is 3.35. The maximum Gasteiger partial charge on any atom is 0.257 e. The molecular weight excluding hydrogens is 258 g/mol. The molecule has 15 heavy (non-hydrogen) atoms. The third kappa shape index (κ3) is 2.96. The van der Waals surface area contributed by atoms with Crippen molar-refractivity contribution in [3.05, 3.63) is 28.2 Å². The molecule has 0 radical (unpaired) electrons. The first-order valence-electron chi connectivity index (χ1n) is 4.70. The van der Waals surface area contributed by atoms with Crippen LogP contribution in [0.25, 0.3) is 0 Å². The highest BCUT2D eigenvalue weighted by atomic mass is 79.9. The van der Waals surface area contributed by atoms with Gasteiger partial charge in [0.25, 0.3) is 5.91 Å². The lowest BCUT2D eigenvalue weighted by Crippen LogP contribution is -2.22. The number of rotatable bonds is 3. The average Bonchev–Trinajstić information content (AvgIpc) is 2.17. The topological polar surface area (TPSA) is 29.5 Å². The first-order chi connectivity index (χ1) is 7.06. The van der Waals surface area contributed by atoms with Crippen molar-refractivity contribution >= 4 is 21.8 Å². The number of benzene rings is 1. The van der Waals surface area contributed by atoms with Gasteiger partial charge in [-0.25, -0.2) is 0 Å². The lowest BCUT2D eigenvalue weighted by Gasteiger charge is -2.14. The van der Waals surface area contributed by atoms with E-state index in [0.717, 1.165) is 4.47 Å². The van der Waals surface area contributed by atoms with Crippen LogP contribution in [-0.2, 0) is 0 Å². The van der Waals surface area contributed by atoms with E-state index in [9.17, 15) is 4.79 Å². The number of carbonyl (C=O) groups is 1. The normalized spacial score (nSPS) is 9.87. The number of nitrogens with zero attached hydrogens (tertiary/aromatic N) is 1. The standard InChI is InChI=1S/C11H14BrNO2/c1-4-15-10-7-8(12)5-6-9(10)11(14)13(2)3/h5-7H,4H2,1-3H3. The number of halogens is 1. The van der Waals surface area contributed by atoms with Crippen LogP contribution in [0.4, 0.5) is 0 Å². The van der Waals surface area contributed by atoms with Crippen LogP contribution >= 0.6 is 15.9 Å². The molecule has 1 rings (SSSR count). The largest absolute Gasteiger partial charge is 0.493 e. The van der Waals surface area contributed by atoms with Gasteiger partial charge in [0.1, 0.15) is 5.75 Å². The zero-order valence-corrected chi connectivity index (χ0v) is 10.7. The molecule has 0 unspecified atom stereocenters. The molecule has 0 aromatic heterocycles. The van der Waals surface area contributed by atoms with Gasteiger partial charge >= 0.3 is 0 Å². The molecule has 0 bridgehead atoms. The molecule has 4 heteroatoms. The highest BCUT2D eigenvalue weighted by molar-refractivity contribution is 9.10. The summed E-state index contributed by atoms with van der Waals surface area (Å²) in [5, 5.41) is 0. The summed E-state index contributed by atoms with van der Waals surface area (Å²) in [4.78, 5) is 13.3. The molecule has 1 amide bonds. The summed E-state index contributed by atoms with van der Waals surface area (Å²) in [7, 11) is 3.44. The Labute approximate surface area is 98.2 Å². The van der Waals surface area contributed by atoms with Crippen molar-refractivity contribution in [3.8, 4) is 5.75 Å². The molecule has 1 aromatic rings. The van der Waals surface area contributed by atoms with Crippen molar-refractivity contribution < 1.29 is 9.53 Å². The fourth-order valence-electron chi connectivity index (χ4n) is 1.19. The molecule has 0 N–H and O–H groups in total. The average molecular weight is 272 g/mol. The van der Waals surface area contributed by atoms with Gasteiger partial charge in [-0.05, 0) is 25.1 Å². The highest BCUT2D eigenvalue weighted by Gasteiger charge is 2.14. The van der Waals surface area contributed by atoms with E-state index in [2.05, 4.69) is 15.9 Å². The minimum Gasteiger partial charge on any atom is -0.493 e. The van der Waals surface area contributed by atoms with E-state index in [1.165, 1.54) is 4.90 Å². The van der Waals surface area contributed by atoms with E-state index in [-0.39, 0.29) is 5.91 Å². The Hall–Kier alpha value is -1.03. The number of hydrogen-bond acceptors (Lipinski definition) is 2. The summed E-state index contributed by atoms with van der Waals surface area (Å²) in [6.45, 7) is 2.44. The van der Waals surface area contributed by atoms with Crippen LogP contribution in [0.15, 0.2) is 22.7 Å². The van der Waals surface area contributed by atoms with E-state index in [1.807, 2.05) is 13.0 Å². The lowest BCUT2D eigenvalue weighted by atomic mass is 10.2. The summed E-state index contributed by atoms with van der Waals surface area (Å²) in [5.41, 5.74) is 0.588. The fourth-order valence-corrected chi connectivity index (χ4v) is 1.53. The van der Waals surface area contributed by atoms with Gasteiger partial charge in [-0.2, -0.15) is 0 Å². The summed E-state index contributed by atoms with van der Waals surface area (Å²) in [6.07, 6.45) is 0. The lowest BCUT2D eigenvalue weighted by molar-refractivity contribution is 0.0823. The van der Waals surface area contributed by atoms with Crippen molar-refractivity contribution in [3.63, 3.8) is 0 Å². The van der Waals surface area contributed by atoms with E-state index < -0.39 is 0 Å². The number of hydrogen-bond donors (Lipinski definition) is 0. The fraction of sp³-hybridized carbons (Fsp3) is 0.364. The monoisotopic (exact) mass is 271 g/mol. The van der Waals surface area contributed by atoms with Crippen molar-refractivity contribution in [1.29, 1.82) is 0 Å². The third-order valence-electron chi connectivity index (χ3n) is 1.88. The summed E-state index contributed by atoms with van der Waals surface area (Å²) < 4.78 is 6.32. The minimum absolute atomic E-state index is 0.0500. The Kier molecular flexibility index (Phi) is 4.15. The Bertz CT molecular complexity index is 364. The second kappa shape index (κ2) is 5.16. The molecule has 0 fully saturated rings. The zero-order chi connectivity index (χ0) is 11.4. The van der Waals surface area contributed by atoms with Crippen LogP contribution in [-0.4, -0.2) is 31.5 Å². The zero-order valence-electron chi connectivity index (χ0n) is 9.08. The van der Waals surface area contributed by atoms with Gasteiger partial charge in [0.15, 0.2) is 0 Å². The molecular formula is C11H14BrNO2. The molecule has 0 saturated carbocycles. The van der Waals surface area contributed by atoms with Gasteiger partial charge in [-0.3, -0.25) is 4.79 Å². The van der Waals surface area contributed by atoms with E-state index >= 15 is 0 Å². The second-order valence-corrected chi connectivity index (χ2v) is 4.19. The van der Waals surface area contributed by atoms with Crippen LogP contribution in [0, 0.1) is 0 Å². The predicted molar refractivity (Wildman–Crippen MR) is 63.3 cm³/mol. The Balaban J connectivity index is 3.10.